The maximum atomic E-state index is 15.4. The van der Waals surface area contributed by atoms with Gasteiger partial charge in [0, 0.05) is 32.0 Å². The van der Waals surface area contributed by atoms with Crippen molar-refractivity contribution in [2.24, 2.45) is 13.0 Å². The van der Waals surface area contributed by atoms with Crippen LogP contribution in [0, 0.1) is 17.6 Å². The number of piperidine rings is 2. The summed E-state index contributed by atoms with van der Waals surface area (Å²) in [5.74, 6) is -2.51. The number of carbonyl (C=O) groups is 3. The zero-order valence-corrected chi connectivity index (χ0v) is 31.1. The normalized spacial score (nSPS) is 21.5. The fraction of sp³-hybridized carbons (Fsp3) is 0.436. The molecule has 0 spiro atoms. The molecule has 1 aliphatic carbocycles. The lowest BCUT2D eigenvalue weighted by molar-refractivity contribution is -0.141. The van der Waals surface area contributed by atoms with E-state index in [9.17, 15) is 32.3 Å². The Morgan fingerprint density at radius 2 is 1.66 bits per heavy atom. The smallest absolute Gasteiger partial charge is 0.318 e. The monoisotopic (exact) mass is 795 g/mol. The summed E-state index contributed by atoms with van der Waals surface area (Å²) in [4.78, 5) is 61.0. The molecule has 17 heteroatoms. The molecule has 11 nitrogen and oxygen atoms in total. The molecule has 8 rings (SSSR count). The number of rotatable bonds is 7. The molecule has 2 aromatic carbocycles. The first-order valence-corrected chi connectivity index (χ1v) is 19.5. The number of fused-ring (bicyclic) bond motifs is 2. The predicted molar refractivity (Wildman–Crippen MR) is 198 cm³/mol. The Kier molecular flexibility index (Phi) is 10.0. The fourth-order valence-electron chi connectivity index (χ4n) is 8.58. The highest BCUT2D eigenvalue weighted by Crippen LogP contribution is 2.41. The van der Waals surface area contributed by atoms with E-state index in [0.29, 0.717) is 21.7 Å². The molecule has 3 fully saturated rings. The van der Waals surface area contributed by atoms with E-state index in [-0.39, 0.29) is 35.9 Å². The maximum absolute atomic E-state index is 15.4. The van der Waals surface area contributed by atoms with E-state index in [2.05, 4.69) is 20.5 Å². The highest BCUT2D eigenvalue weighted by atomic mass is 32.1. The molecule has 2 aliphatic heterocycles. The molecule has 3 amide bonds. The van der Waals surface area contributed by atoms with Crippen molar-refractivity contribution in [3.8, 4) is 0 Å². The van der Waals surface area contributed by atoms with E-state index in [0.717, 1.165) is 86.9 Å². The van der Waals surface area contributed by atoms with Crippen LogP contribution in [0.2, 0.25) is 0 Å². The number of halogens is 5. The van der Waals surface area contributed by atoms with Crippen molar-refractivity contribution in [2.75, 3.05) is 25.0 Å². The number of thiazole rings is 1. The van der Waals surface area contributed by atoms with Crippen LogP contribution in [-0.2, 0) is 22.8 Å². The first-order chi connectivity index (χ1) is 26.7. The van der Waals surface area contributed by atoms with Gasteiger partial charge in [0.15, 0.2) is 0 Å². The molecule has 5 heterocycles. The van der Waals surface area contributed by atoms with Crippen LogP contribution < -0.4 is 16.3 Å². The maximum Gasteiger partial charge on any atom is 0.433 e. The first kappa shape index (κ1) is 37.9. The minimum Gasteiger partial charge on any atom is -0.318 e. The van der Waals surface area contributed by atoms with Crippen molar-refractivity contribution in [1.82, 2.24) is 29.3 Å². The van der Waals surface area contributed by atoms with Crippen LogP contribution in [-0.4, -0.2) is 61.4 Å². The van der Waals surface area contributed by atoms with Gasteiger partial charge in [0.1, 0.15) is 34.6 Å². The number of anilines is 1. The Labute approximate surface area is 320 Å². The summed E-state index contributed by atoms with van der Waals surface area (Å²) in [6, 6.07) is 7.80. The predicted octanol–water partition coefficient (Wildman–Crippen LogP) is 7.03. The number of likely N-dealkylation sites (tertiary alicyclic amines) is 1. The molecule has 0 radical (unpaired) electrons. The molecular formula is C39H38F5N7O4S. The Balaban J connectivity index is 0.877. The van der Waals surface area contributed by atoms with Gasteiger partial charge in [-0.15, -0.1) is 11.3 Å². The number of nitrogens with zero attached hydrogens (tertiary/aromatic N) is 5. The number of imide groups is 1. The Morgan fingerprint density at radius 3 is 2.38 bits per heavy atom. The molecule has 1 saturated carbocycles. The van der Waals surface area contributed by atoms with E-state index in [1.165, 1.54) is 38.7 Å². The van der Waals surface area contributed by atoms with Gasteiger partial charge in [-0.2, -0.15) is 13.2 Å². The fourth-order valence-corrected chi connectivity index (χ4v) is 9.74. The zero-order chi connectivity index (χ0) is 39.5. The SMILES string of the molecule is Cn1c(=O)n(C2CCC(=O)NC2=O)c2c(F)ccc(C3CCN(C[C@H]4CC[C@H](c5nc6cc(F)c(NC(=O)c7cccc(C(F)(F)F)n7)cc6s5)CC4)CC3)c21. The number of pyridine rings is 1. The van der Waals surface area contributed by atoms with E-state index in [1.807, 2.05) is 0 Å². The van der Waals surface area contributed by atoms with Gasteiger partial charge in [-0.25, -0.2) is 23.5 Å². The average Bonchev–Trinajstić information content (AvgIpc) is 3.70. The van der Waals surface area contributed by atoms with E-state index in [4.69, 9.17) is 4.98 Å². The summed E-state index contributed by atoms with van der Waals surface area (Å²) in [6.07, 6.45) is 0.961. The van der Waals surface area contributed by atoms with Crippen LogP contribution >= 0.6 is 11.3 Å². The molecule has 3 aromatic heterocycles. The number of hydrogen-bond acceptors (Lipinski definition) is 8. The minimum atomic E-state index is -4.72. The summed E-state index contributed by atoms with van der Waals surface area (Å²) < 4.78 is 72.9. The number of hydrogen-bond donors (Lipinski definition) is 2. The lowest BCUT2D eigenvalue weighted by atomic mass is 9.81. The number of aryl methyl sites for hydroxylation is 1. The number of nitrogens with one attached hydrogen (secondary N) is 2. The lowest BCUT2D eigenvalue weighted by Crippen LogP contribution is -2.44. The van der Waals surface area contributed by atoms with Crippen LogP contribution in [0.5, 0.6) is 0 Å². The van der Waals surface area contributed by atoms with Crippen LogP contribution in [0.1, 0.15) is 96.0 Å². The van der Waals surface area contributed by atoms with Crippen molar-refractivity contribution < 1.29 is 36.3 Å². The molecule has 294 valence electrons. The van der Waals surface area contributed by atoms with E-state index >= 15 is 8.78 Å². The summed E-state index contributed by atoms with van der Waals surface area (Å²) in [7, 11) is 1.59. The standard InChI is InChI=1S/C39H38F5N7O4S/c1-49-33-23(9-10-24(40)34(33)51(38(49)55)29-11-12-32(52)48-36(29)54)21-13-15-50(16-14-21)19-20-5-7-22(8-6-20)37-47-28-17-25(41)27(18-30(28)56-37)46-35(53)26-3-2-4-31(45-26)39(42,43)44/h2-4,9-10,17-18,20-22,29H,5-8,11-16,19H2,1H3,(H,46,53)(H,48,52,54)/t20-,22-,29?. The number of aromatic nitrogens is 4. The molecule has 0 bridgehead atoms. The van der Waals surface area contributed by atoms with E-state index < -0.39 is 58.7 Å². The third-order valence-electron chi connectivity index (χ3n) is 11.5. The second-order valence-corrected chi connectivity index (χ2v) is 16.1. The minimum absolute atomic E-state index is 0.0741. The highest BCUT2D eigenvalue weighted by molar-refractivity contribution is 7.18. The highest BCUT2D eigenvalue weighted by Gasteiger charge is 2.35. The molecule has 1 atom stereocenters. The second kappa shape index (κ2) is 14.8. The van der Waals surface area contributed by atoms with Gasteiger partial charge >= 0.3 is 11.9 Å². The molecule has 56 heavy (non-hydrogen) atoms. The molecule has 3 aliphatic rings. The van der Waals surface area contributed by atoms with Crippen molar-refractivity contribution in [3.05, 3.63) is 86.5 Å². The summed E-state index contributed by atoms with van der Waals surface area (Å²) in [5, 5.41) is 5.51. The van der Waals surface area contributed by atoms with Crippen molar-refractivity contribution >= 4 is 56.0 Å². The molecule has 2 saturated heterocycles. The zero-order valence-electron chi connectivity index (χ0n) is 30.3. The van der Waals surface area contributed by atoms with Crippen molar-refractivity contribution in [2.45, 2.75) is 75.4 Å². The van der Waals surface area contributed by atoms with Gasteiger partial charge in [-0.3, -0.25) is 28.8 Å². The second-order valence-electron chi connectivity index (χ2n) is 15.0. The van der Waals surface area contributed by atoms with Crippen LogP contribution in [0.15, 0.2) is 47.3 Å². The van der Waals surface area contributed by atoms with Gasteiger partial charge in [-0.05, 0) is 99.7 Å². The molecule has 2 N–H and O–H groups in total. The van der Waals surface area contributed by atoms with Crippen molar-refractivity contribution in [3.63, 3.8) is 0 Å². The quantitative estimate of drug-likeness (QED) is 0.134. The topological polar surface area (TPSA) is 131 Å². The molecule has 5 aromatic rings. The van der Waals surface area contributed by atoms with Gasteiger partial charge in [0.25, 0.3) is 5.91 Å². The largest absolute Gasteiger partial charge is 0.433 e. The Morgan fingerprint density at radius 1 is 0.911 bits per heavy atom. The molecule has 1 unspecified atom stereocenters. The summed E-state index contributed by atoms with van der Waals surface area (Å²) in [6.45, 7) is 2.63. The van der Waals surface area contributed by atoms with Gasteiger partial charge < -0.3 is 10.2 Å². The number of benzene rings is 2. The van der Waals surface area contributed by atoms with Crippen LogP contribution in [0.3, 0.4) is 0 Å². The third-order valence-corrected chi connectivity index (χ3v) is 12.7. The van der Waals surface area contributed by atoms with Gasteiger partial charge in [-0.1, -0.05) is 12.1 Å². The molecular weight excluding hydrogens is 758 g/mol. The third kappa shape index (κ3) is 7.22. The van der Waals surface area contributed by atoms with E-state index in [1.54, 1.807) is 13.1 Å². The number of imidazole rings is 1. The van der Waals surface area contributed by atoms with Crippen LogP contribution in [0.4, 0.5) is 27.6 Å². The summed E-state index contributed by atoms with van der Waals surface area (Å²) >= 11 is 1.42. The number of amides is 3. The van der Waals surface area contributed by atoms with Gasteiger partial charge in [0.05, 0.1) is 26.4 Å². The van der Waals surface area contributed by atoms with Gasteiger partial charge in [0.2, 0.25) is 11.8 Å². The Hall–Kier alpha value is -5.03. The Bertz CT molecular complexity index is 2430. The number of alkyl halides is 3. The van der Waals surface area contributed by atoms with Crippen molar-refractivity contribution in [1.29, 1.82) is 0 Å². The van der Waals surface area contributed by atoms with Crippen LogP contribution in [0.25, 0.3) is 21.3 Å². The number of carbonyl (C=O) groups excluding carboxylic acids is 3. The lowest BCUT2D eigenvalue weighted by Gasteiger charge is -2.36. The average molecular weight is 796 g/mol. The first-order valence-electron chi connectivity index (χ1n) is 18.7. The summed E-state index contributed by atoms with van der Waals surface area (Å²) in [5.41, 5.74) is -0.430.